The number of hydrogen-bond donors (Lipinski definition) is 1. The molecule has 9 nitrogen and oxygen atoms in total. The number of carbonyl (C=O) groups excluding carboxylic acids is 3. The highest BCUT2D eigenvalue weighted by Crippen LogP contribution is 2.45. The fourth-order valence-corrected chi connectivity index (χ4v) is 5.78. The minimum atomic E-state index is -1.03. The topological polar surface area (TPSA) is 115 Å². The van der Waals surface area contributed by atoms with Gasteiger partial charge < -0.3 is 19.3 Å². The standard InChI is InChI=1S/C29H26N2O7S/c1-5-11-37-20-8-6-7-17(14-20)23-22(24(32)18-9-10-21-19(13-18)12-15(2)38-21)25(33)27(34)31(23)29-30-16(3)26(39-29)28(35)36-4/h5-10,13-15,23,32H,1,11-12H2,2-4H3/b24-22+/t15-,23-/m0/s1. The van der Waals surface area contributed by atoms with E-state index in [2.05, 4.69) is 11.6 Å². The maximum atomic E-state index is 13.5. The molecule has 0 unspecified atom stereocenters. The van der Waals surface area contributed by atoms with Crippen molar-refractivity contribution >= 4 is 39.9 Å². The van der Waals surface area contributed by atoms with Gasteiger partial charge in [0.05, 0.1) is 24.4 Å². The molecule has 5 rings (SSSR count). The number of hydrogen-bond acceptors (Lipinski definition) is 9. The van der Waals surface area contributed by atoms with Crippen molar-refractivity contribution in [1.82, 2.24) is 4.98 Å². The smallest absolute Gasteiger partial charge is 0.350 e. The lowest BCUT2D eigenvalue weighted by molar-refractivity contribution is -0.132. The lowest BCUT2D eigenvalue weighted by Crippen LogP contribution is -2.29. The van der Waals surface area contributed by atoms with Gasteiger partial charge in [0.2, 0.25) is 0 Å². The zero-order valence-corrected chi connectivity index (χ0v) is 22.4. The van der Waals surface area contributed by atoms with Crippen molar-refractivity contribution in [3.63, 3.8) is 0 Å². The van der Waals surface area contributed by atoms with Crippen molar-refractivity contribution in [2.24, 2.45) is 0 Å². The molecule has 1 amide bonds. The van der Waals surface area contributed by atoms with E-state index in [1.165, 1.54) is 12.0 Å². The number of methoxy groups -OCH3 is 1. The molecule has 1 N–H and O–H groups in total. The van der Waals surface area contributed by atoms with E-state index in [9.17, 15) is 19.5 Å². The number of aromatic nitrogens is 1. The molecular formula is C29H26N2O7S. The summed E-state index contributed by atoms with van der Waals surface area (Å²) in [5.74, 6) is -1.44. The average Bonchev–Trinajstić information content (AvgIpc) is 3.58. The Morgan fingerprint density at radius 1 is 1.28 bits per heavy atom. The Balaban J connectivity index is 1.68. The van der Waals surface area contributed by atoms with Gasteiger partial charge in [-0.25, -0.2) is 9.78 Å². The zero-order chi connectivity index (χ0) is 27.8. The highest BCUT2D eigenvalue weighted by atomic mass is 32.1. The summed E-state index contributed by atoms with van der Waals surface area (Å²) in [5, 5.41) is 11.6. The summed E-state index contributed by atoms with van der Waals surface area (Å²) in [5.41, 5.74) is 2.07. The molecule has 1 aromatic heterocycles. The second kappa shape index (κ2) is 10.4. The molecule has 2 aromatic carbocycles. The van der Waals surface area contributed by atoms with Crippen LogP contribution < -0.4 is 14.4 Å². The van der Waals surface area contributed by atoms with Gasteiger partial charge in [0.1, 0.15) is 34.8 Å². The van der Waals surface area contributed by atoms with Gasteiger partial charge in [-0.05, 0) is 55.3 Å². The number of amides is 1. The third-order valence-electron chi connectivity index (χ3n) is 6.52. The maximum absolute atomic E-state index is 13.5. The number of ketones is 1. The van der Waals surface area contributed by atoms with Gasteiger partial charge in [-0.15, -0.1) is 0 Å². The molecule has 0 saturated carbocycles. The van der Waals surface area contributed by atoms with Crippen LogP contribution in [0.5, 0.6) is 11.5 Å². The van der Waals surface area contributed by atoms with E-state index in [-0.39, 0.29) is 34.1 Å². The minimum Gasteiger partial charge on any atom is -0.507 e. The summed E-state index contributed by atoms with van der Waals surface area (Å²) >= 11 is 0.940. The van der Waals surface area contributed by atoms with Gasteiger partial charge in [-0.1, -0.05) is 36.1 Å². The van der Waals surface area contributed by atoms with E-state index in [4.69, 9.17) is 14.2 Å². The number of esters is 1. The number of nitrogens with zero attached hydrogens (tertiary/aromatic N) is 2. The third-order valence-corrected chi connectivity index (χ3v) is 7.65. The van der Waals surface area contributed by atoms with Crippen molar-refractivity contribution in [1.29, 1.82) is 0 Å². The number of thiazole rings is 1. The Bertz CT molecular complexity index is 1540. The molecule has 39 heavy (non-hydrogen) atoms. The van der Waals surface area contributed by atoms with Crippen molar-refractivity contribution in [3.05, 3.63) is 88.0 Å². The fraction of sp³-hybridized carbons (Fsp3) is 0.241. The molecule has 1 fully saturated rings. The summed E-state index contributed by atoms with van der Waals surface area (Å²) in [4.78, 5) is 45.1. The van der Waals surface area contributed by atoms with E-state index in [1.54, 1.807) is 55.5 Å². The first kappa shape index (κ1) is 26.2. The lowest BCUT2D eigenvalue weighted by Gasteiger charge is -2.23. The van der Waals surface area contributed by atoms with Crippen LogP contribution in [0.1, 0.15) is 45.0 Å². The van der Waals surface area contributed by atoms with Crippen LogP contribution in [0.4, 0.5) is 5.13 Å². The number of aryl methyl sites for hydroxylation is 1. The van der Waals surface area contributed by atoms with Crippen molar-refractivity contribution in [3.8, 4) is 11.5 Å². The van der Waals surface area contributed by atoms with Crippen LogP contribution in [0.3, 0.4) is 0 Å². The van der Waals surface area contributed by atoms with Gasteiger partial charge in [0, 0.05) is 12.0 Å². The van der Waals surface area contributed by atoms with E-state index in [1.807, 2.05) is 6.92 Å². The van der Waals surface area contributed by atoms with E-state index in [0.29, 0.717) is 29.0 Å². The number of aliphatic hydroxyl groups is 1. The van der Waals surface area contributed by atoms with Crippen LogP contribution in [0.15, 0.2) is 60.7 Å². The zero-order valence-electron chi connectivity index (χ0n) is 21.6. The van der Waals surface area contributed by atoms with Crippen LogP contribution in [0.2, 0.25) is 0 Å². The number of aliphatic hydroxyl groups excluding tert-OH is 1. The predicted octanol–water partition coefficient (Wildman–Crippen LogP) is 4.75. The molecule has 1 saturated heterocycles. The fourth-order valence-electron chi connectivity index (χ4n) is 4.77. The summed E-state index contributed by atoms with van der Waals surface area (Å²) in [6.45, 7) is 7.49. The maximum Gasteiger partial charge on any atom is 0.350 e. The van der Waals surface area contributed by atoms with Gasteiger partial charge in [-0.2, -0.15) is 0 Å². The Kier molecular flexibility index (Phi) is 6.96. The molecule has 0 radical (unpaired) electrons. The molecule has 2 aliphatic heterocycles. The second-order valence-corrected chi connectivity index (χ2v) is 10.2. The Labute approximate surface area is 229 Å². The van der Waals surface area contributed by atoms with Gasteiger partial charge in [-0.3, -0.25) is 14.5 Å². The molecule has 10 heteroatoms. The third kappa shape index (κ3) is 4.67. The molecule has 200 valence electrons. The molecule has 3 aromatic rings. The number of Topliss-reactive ketones (excluding diaryl/α,β-unsaturated/α-hetero) is 1. The average molecular weight is 547 g/mol. The number of rotatable bonds is 7. The molecule has 2 atom stereocenters. The van der Waals surface area contributed by atoms with Crippen LogP contribution in [-0.4, -0.2) is 47.6 Å². The highest BCUT2D eigenvalue weighted by Gasteiger charge is 2.48. The van der Waals surface area contributed by atoms with Crippen molar-refractivity contribution in [2.75, 3.05) is 18.6 Å². The predicted molar refractivity (Wildman–Crippen MR) is 145 cm³/mol. The quantitative estimate of drug-likeness (QED) is 0.148. The number of carbonyl (C=O) groups is 3. The van der Waals surface area contributed by atoms with E-state index >= 15 is 0 Å². The van der Waals surface area contributed by atoms with Crippen molar-refractivity contribution < 1.29 is 33.7 Å². The second-order valence-electron chi connectivity index (χ2n) is 9.20. The summed E-state index contributed by atoms with van der Waals surface area (Å²) in [7, 11) is 1.25. The first-order valence-corrected chi connectivity index (χ1v) is 13.1. The highest BCUT2D eigenvalue weighted by molar-refractivity contribution is 7.17. The largest absolute Gasteiger partial charge is 0.507 e. The monoisotopic (exact) mass is 546 g/mol. The van der Waals surface area contributed by atoms with Gasteiger partial charge in [0.15, 0.2) is 5.13 Å². The lowest BCUT2D eigenvalue weighted by atomic mass is 9.94. The number of fused-ring (bicyclic) bond motifs is 1. The van der Waals surface area contributed by atoms with Crippen LogP contribution in [0.25, 0.3) is 5.76 Å². The minimum absolute atomic E-state index is 0.00145. The Morgan fingerprint density at radius 3 is 2.82 bits per heavy atom. The summed E-state index contributed by atoms with van der Waals surface area (Å²) in [6, 6.07) is 11.0. The van der Waals surface area contributed by atoms with Crippen LogP contribution in [0, 0.1) is 6.92 Å². The molecule has 0 spiro atoms. The first-order valence-electron chi connectivity index (χ1n) is 12.2. The number of ether oxygens (including phenoxy) is 3. The van der Waals surface area contributed by atoms with E-state index < -0.39 is 23.7 Å². The molecular weight excluding hydrogens is 520 g/mol. The summed E-state index contributed by atoms with van der Waals surface area (Å²) in [6.07, 6.45) is 2.26. The van der Waals surface area contributed by atoms with Crippen LogP contribution in [-0.2, 0) is 20.7 Å². The van der Waals surface area contributed by atoms with Crippen molar-refractivity contribution in [2.45, 2.75) is 32.4 Å². The van der Waals surface area contributed by atoms with E-state index in [0.717, 1.165) is 22.6 Å². The Hall–Kier alpha value is -4.44. The first-order chi connectivity index (χ1) is 18.7. The molecule has 0 aliphatic carbocycles. The Morgan fingerprint density at radius 2 is 2.08 bits per heavy atom. The number of anilines is 1. The van der Waals surface area contributed by atoms with Crippen LogP contribution >= 0.6 is 11.3 Å². The number of benzene rings is 2. The SMILES string of the molecule is C=CCOc1cccc([C@H]2/C(=C(\O)c3ccc4c(c3)C[C@H](C)O4)C(=O)C(=O)N2c2nc(C)c(C(=O)OC)s2)c1. The normalized spacial score (nSPS) is 19.5. The summed E-state index contributed by atoms with van der Waals surface area (Å²) < 4.78 is 16.3. The van der Waals surface area contributed by atoms with Gasteiger partial charge in [0.25, 0.3) is 5.78 Å². The molecule has 3 heterocycles. The molecule has 0 bridgehead atoms. The molecule has 2 aliphatic rings. The van der Waals surface area contributed by atoms with Gasteiger partial charge >= 0.3 is 11.9 Å².